The van der Waals surface area contributed by atoms with E-state index in [0.29, 0.717) is 12.0 Å². The molecule has 1 aliphatic rings. The van der Waals surface area contributed by atoms with E-state index < -0.39 is 0 Å². The highest BCUT2D eigenvalue weighted by molar-refractivity contribution is 5.85. The highest BCUT2D eigenvalue weighted by atomic mass is 35.5. The molecule has 1 aromatic rings. The molecule has 1 aromatic heterocycles. The van der Waals surface area contributed by atoms with E-state index in [4.69, 9.17) is 10.5 Å². The van der Waals surface area contributed by atoms with Crippen LogP contribution in [-0.2, 0) is 0 Å². The lowest BCUT2D eigenvalue weighted by Gasteiger charge is -2.25. The fourth-order valence-electron chi connectivity index (χ4n) is 1.89. The number of hydrogen-bond donors (Lipinski definition) is 2. The van der Waals surface area contributed by atoms with Crippen molar-refractivity contribution in [3.05, 3.63) is 12.4 Å². The Morgan fingerprint density at radius 3 is 2.73 bits per heavy atom. The van der Waals surface area contributed by atoms with E-state index in [2.05, 4.69) is 10.2 Å². The largest absolute Gasteiger partial charge is 0.490 e. The number of nitrogens with two attached hydrogens (primary N) is 1. The van der Waals surface area contributed by atoms with Crippen LogP contribution >= 0.6 is 12.4 Å². The minimum absolute atomic E-state index is 0. The molecule has 0 radical (unpaired) electrons. The lowest BCUT2D eigenvalue weighted by molar-refractivity contribution is 0.200. The number of aromatic nitrogens is 2. The standard InChI is InChI=1S/C10H17N3O.ClH/c11-9-3-1-8(2-4-9)7-14-10-5-12-13-6-10;/h5-6,8-9H,1-4,7,11H2,(H,12,13);1H. The van der Waals surface area contributed by atoms with Crippen molar-refractivity contribution in [1.29, 1.82) is 0 Å². The van der Waals surface area contributed by atoms with E-state index in [1.807, 2.05) is 0 Å². The fourth-order valence-corrected chi connectivity index (χ4v) is 1.89. The average molecular weight is 232 g/mol. The van der Waals surface area contributed by atoms with Gasteiger partial charge in [0.1, 0.15) is 0 Å². The zero-order valence-electron chi connectivity index (χ0n) is 8.69. The van der Waals surface area contributed by atoms with Gasteiger partial charge in [0.25, 0.3) is 0 Å². The summed E-state index contributed by atoms with van der Waals surface area (Å²) in [6, 6.07) is 0.417. The minimum Gasteiger partial charge on any atom is -0.490 e. The number of halogens is 1. The predicted octanol–water partition coefficient (Wildman–Crippen LogP) is 1.73. The number of ether oxygens (including phenoxy) is 1. The van der Waals surface area contributed by atoms with Crippen LogP contribution < -0.4 is 10.5 Å². The van der Waals surface area contributed by atoms with Gasteiger partial charge in [0.15, 0.2) is 5.75 Å². The van der Waals surface area contributed by atoms with Crippen LogP contribution in [0.5, 0.6) is 5.75 Å². The van der Waals surface area contributed by atoms with Gasteiger partial charge < -0.3 is 10.5 Å². The summed E-state index contributed by atoms with van der Waals surface area (Å²) in [4.78, 5) is 0. The van der Waals surface area contributed by atoms with Crippen LogP contribution in [0.4, 0.5) is 0 Å². The fraction of sp³-hybridized carbons (Fsp3) is 0.700. The molecule has 3 N–H and O–H groups in total. The van der Waals surface area contributed by atoms with E-state index in [9.17, 15) is 0 Å². The molecular formula is C10H18ClN3O. The molecule has 0 amide bonds. The summed E-state index contributed by atoms with van der Waals surface area (Å²) in [5.41, 5.74) is 5.83. The molecule has 1 fully saturated rings. The first-order valence-corrected chi connectivity index (χ1v) is 5.22. The highest BCUT2D eigenvalue weighted by Crippen LogP contribution is 2.23. The molecule has 0 aromatic carbocycles. The van der Waals surface area contributed by atoms with Crippen molar-refractivity contribution in [2.24, 2.45) is 11.7 Å². The van der Waals surface area contributed by atoms with Crippen LogP contribution in [0.3, 0.4) is 0 Å². The molecule has 5 heteroatoms. The maximum absolute atomic E-state index is 5.83. The molecule has 1 aliphatic carbocycles. The van der Waals surface area contributed by atoms with Gasteiger partial charge >= 0.3 is 0 Å². The van der Waals surface area contributed by atoms with Gasteiger partial charge in [-0.25, -0.2) is 0 Å². The van der Waals surface area contributed by atoms with Crippen LogP contribution in [0, 0.1) is 5.92 Å². The normalized spacial score (nSPS) is 25.7. The Labute approximate surface area is 96.0 Å². The van der Waals surface area contributed by atoms with Crippen LogP contribution in [0.25, 0.3) is 0 Å². The van der Waals surface area contributed by atoms with Gasteiger partial charge in [-0.1, -0.05) is 0 Å². The Morgan fingerprint density at radius 1 is 1.40 bits per heavy atom. The maximum atomic E-state index is 5.83. The first-order chi connectivity index (χ1) is 6.84. The molecule has 0 aliphatic heterocycles. The number of hydrogen-bond acceptors (Lipinski definition) is 3. The summed E-state index contributed by atoms with van der Waals surface area (Å²) < 4.78 is 5.59. The molecule has 86 valence electrons. The average Bonchev–Trinajstić information content (AvgIpc) is 2.70. The Kier molecular flexibility index (Phi) is 4.91. The number of aromatic amines is 1. The van der Waals surface area contributed by atoms with Gasteiger partial charge in [-0.3, -0.25) is 5.10 Å². The lowest BCUT2D eigenvalue weighted by Crippen LogP contribution is -2.28. The van der Waals surface area contributed by atoms with E-state index in [1.54, 1.807) is 12.4 Å². The van der Waals surface area contributed by atoms with Crippen LogP contribution in [0.1, 0.15) is 25.7 Å². The molecule has 2 rings (SSSR count). The first kappa shape index (κ1) is 12.3. The molecule has 0 bridgehead atoms. The molecule has 0 spiro atoms. The third-order valence-corrected chi connectivity index (χ3v) is 2.85. The second kappa shape index (κ2) is 5.98. The van der Waals surface area contributed by atoms with E-state index in [1.165, 1.54) is 12.8 Å². The zero-order valence-corrected chi connectivity index (χ0v) is 9.50. The number of rotatable bonds is 3. The van der Waals surface area contributed by atoms with Gasteiger partial charge in [-0.05, 0) is 31.6 Å². The molecular weight excluding hydrogens is 214 g/mol. The van der Waals surface area contributed by atoms with Gasteiger partial charge in [0, 0.05) is 6.04 Å². The molecule has 0 saturated heterocycles. The van der Waals surface area contributed by atoms with E-state index in [0.717, 1.165) is 25.2 Å². The van der Waals surface area contributed by atoms with E-state index in [-0.39, 0.29) is 12.4 Å². The third kappa shape index (κ3) is 3.72. The van der Waals surface area contributed by atoms with Crippen molar-refractivity contribution in [2.45, 2.75) is 31.7 Å². The maximum Gasteiger partial charge on any atom is 0.156 e. The Morgan fingerprint density at radius 2 is 2.13 bits per heavy atom. The van der Waals surface area contributed by atoms with Crippen molar-refractivity contribution in [3.63, 3.8) is 0 Å². The van der Waals surface area contributed by atoms with Crippen molar-refractivity contribution in [1.82, 2.24) is 10.2 Å². The Balaban J connectivity index is 0.00000112. The van der Waals surface area contributed by atoms with Crippen LogP contribution in [0.2, 0.25) is 0 Å². The van der Waals surface area contributed by atoms with Crippen LogP contribution in [0.15, 0.2) is 12.4 Å². The Hall–Kier alpha value is -0.740. The second-order valence-electron chi connectivity index (χ2n) is 4.03. The summed E-state index contributed by atoms with van der Waals surface area (Å²) in [5, 5.41) is 6.56. The first-order valence-electron chi connectivity index (χ1n) is 5.22. The smallest absolute Gasteiger partial charge is 0.156 e. The summed E-state index contributed by atoms with van der Waals surface area (Å²) in [6.07, 6.45) is 8.14. The lowest BCUT2D eigenvalue weighted by atomic mass is 9.87. The number of H-pyrrole nitrogens is 1. The number of nitrogens with zero attached hydrogens (tertiary/aromatic N) is 1. The molecule has 0 unspecified atom stereocenters. The summed E-state index contributed by atoms with van der Waals surface area (Å²) in [6.45, 7) is 0.798. The second-order valence-corrected chi connectivity index (χ2v) is 4.03. The zero-order chi connectivity index (χ0) is 9.80. The summed E-state index contributed by atoms with van der Waals surface area (Å²) in [7, 11) is 0. The predicted molar refractivity (Wildman–Crippen MR) is 61.3 cm³/mol. The van der Waals surface area contributed by atoms with Gasteiger partial charge in [-0.15, -0.1) is 12.4 Å². The van der Waals surface area contributed by atoms with Crippen LogP contribution in [-0.4, -0.2) is 22.8 Å². The minimum atomic E-state index is 0. The molecule has 1 saturated carbocycles. The summed E-state index contributed by atoms with van der Waals surface area (Å²) >= 11 is 0. The van der Waals surface area contributed by atoms with Gasteiger partial charge in [0.2, 0.25) is 0 Å². The molecule has 15 heavy (non-hydrogen) atoms. The molecule has 4 nitrogen and oxygen atoms in total. The summed E-state index contributed by atoms with van der Waals surface area (Å²) in [5.74, 6) is 1.50. The molecule has 1 heterocycles. The van der Waals surface area contributed by atoms with Gasteiger partial charge in [0.05, 0.1) is 19.0 Å². The molecule has 0 atom stereocenters. The highest BCUT2D eigenvalue weighted by Gasteiger charge is 2.18. The third-order valence-electron chi connectivity index (χ3n) is 2.85. The van der Waals surface area contributed by atoms with Crippen molar-refractivity contribution < 1.29 is 4.74 Å². The monoisotopic (exact) mass is 231 g/mol. The van der Waals surface area contributed by atoms with Crippen molar-refractivity contribution >= 4 is 12.4 Å². The van der Waals surface area contributed by atoms with Crippen molar-refractivity contribution in [2.75, 3.05) is 6.61 Å². The topological polar surface area (TPSA) is 63.9 Å². The Bertz CT molecular complexity index is 258. The van der Waals surface area contributed by atoms with E-state index >= 15 is 0 Å². The number of nitrogens with one attached hydrogen (secondary N) is 1. The SMILES string of the molecule is Cl.NC1CCC(COc2cn[nH]c2)CC1. The van der Waals surface area contributed by atoms with Gasteiger partial charge in [-0.2, -0.15) is 5.10 Å². The quantitative estimate of drug-likeness (QED) is 0.833. The van der Waals surface area contributed by atoms with Crippen molar-refractivity contribution in [3.8, 4) is 5.75 Å².